The van der Waals surface area contributed by atoms with E-state index in [0.29, 0.717) is 6.42 Å². The van der Waals surface area contributed by atoms with Gasteiger partial charge in [-0.3, -0.25) is 9.59 Å². The van der Waals surface area contributed by atoms with Crippen LogP contribution in [-0.4, -0.2) is 25.9 Å². The lowest BCUT2D eigenvalue weighted by atomic mass is 9.86. The van der Waals surface area contributed by atoms with Crippen LogP contribution in [0.3, 0.4) is 0 Å². The minimum Gasteiger partial charge on any atom is -0.378 e. The van der Waals surface area contributed by atoms with Gasteiger partial charge in [0, 0.05) is 31.2 Å². The Bertz CT molecular complexity index is 866. The number of para-hydroxylation sites is 1. The molecular weight excluding hydrogens is 350 g/mol. The van der Waals surface area contributed by atoms with Crippen molar-refractivity contribution in [1.82, 2.24) is 0 Å². The highest BCUT2D eigenvalue weighted by molar-refractivity contribution is 6.03. The van der Waals surface area contributed by atoms with Crippen molar-refractivity contribution in [3.63, 3.8) is 0 Å². The van der Waals surface area contributed by atoms with Crippen LogP contribution in [0.4, 0.5) is 17.1 Å². The molecule has 2 amide bonds. The summed E-state index contributed by atoms with van der Waals surface area (Å²) < 4.78 is 0. The van der Waals surface area contributed by atoms with Gasteiger partial charge in [-0.1, -0.05) is 39.0 Å². The van der Waals surface area contributed by atoms with E-state index in [1.807, 2.05) is 67.5 Å². The fourth-order valence-electron chi connectivity index (χ4n) is 3.32. The zero-order valence-electron chi connectivity index (χ0n) is 17.2. The van der Waals surface area contributed by atoms with Crippen LogP contribution in [0.2, 0.25) is 0 Å². The fourth-order valence-corrected chi connectivity index (χ4v) is 3.32. The number of hydrogen-bond donors (Lipinski definition) is 2. The molecule has 1 saturated carbocycles. The Balaban J connectivity index is 1.59. The first-order chi connectivity index (χ1) is 13.2. The van der Waals surface area contributed by atoms with E-state index in [2.05, 4.69) is 31.4 Å². The summed E-state index contributed by atoms with van der Waals surface area (Å²) in [6, 6.07) is 15.5. The highest BCUT2D eigenvalue weighted by Crippen LogP contribution is 2.41. The van der Waals surface area contributed by atoms with Crippen molar-refractivity contribution in [1.29, 1.82) is 0 Å². The normalized spacial score (nSPS) is 18.3. The average Bonchev–Trinajstić information content (AvgIpc) is 3.43. The van der Waals surface area contributed by atoms with Crippen molar-refractivity contribution >= 4 is 28.9 Å². The molecule has 0 aromatic heterocycles. The molecule has 5 nitrogen and oxygen atoms in total. The molecule has 0 radical (unpaired) electrons. The summed E-state index contributed by atoms with van der Waals surface area (Å²) in [5.41, 5.74) is 3.67. The number of amides is 2. The van der Waals surface area contributed by atoms with Crippen LogP contribution < -0.4 is 15.5 Å². The molecule has 2 atom stereocenters. The van der Waals surface area contributed by atoms with Gasteiger partial charge in [-0.15, -0.1) is 0 Å². The summed E-state index contributed by atoms with van der Waals surface area (Å²) in [7, 11) is 3.94. The molecule has 0 heterocycles. The Morgan fingerprint density at radius 2 is 1.46 bits per heavy atom. The third-order valence-electron chi connectivity index (χ3n) is 5.11. The van der Waals surface area contributed by atoms with E-state index in [0.717, 1.165) is 22.6 Å². The average molecular weight is 380 g/mol. The summed E-state index contributed by atoms with van der Waals surface area (Å²) in [6.45, 7) is 6.35. The van der Waals surface area contributed by atoms with Crippen molar-refractivity contribution < 1.29 is 9.59 Å². The molecule has 1 fully saturated rings. The van der Waals surface area contributed by atoms with Crippen molar-refractivity contribution in [2.45, 2.75) is 32.6 Å². The number of carbonyl (C=O) groups is 2. The Labute approximate surface area is 167 Å². The van der Waals surface area contributed by atoms with E-state index in [-0.39, 0.29) is 29.1 Å². The maximum Gasteiger partial charge on any atom is 0.228 e. The van der Waals surface area contributed by atoms with E-state index >= 15 is 0 Å². The van der Waals surface area contributed by atoms with E-state index in [4.69, 9.17) is 0 Å². The molecule has 0 aliphatic heterocycles. The fraction of sp³-hybridized carbons (Fsp3) is 0.391. The summed E-state index contributed by atoms with van der Waals surface area (Å²) in [5.74, 6) is -0.717. The van der Waals surface area contributed by atoms with E-state index < -0.39 is 0 Å². The summed E-state index contributed by atoms with van der Waals surface area (Å²) in [6.07, 6.45) is 0.588. The molecule has 5 heteroatoms. The minimum atomic E-state index is -0.269. The van der Waals surface area contributed by atoms with Crippen molar-refractivity contribution in [3.05, 3.63) is 54.1 Å². The molecule has 2 N–H and O–H groups in total. The van der Waals surface area contributed by atoms with Crippen LogP contribution in [-0.2, 0) is 15.0 Å². The second-order valence-corrected chi connectivity index (χ2v) is 8.66. The third kappa shape index (κ3) is 4.53. The monoisotopic (exact) mass is 379 g/mol. The number of nitrogens with one attached hydrogen (secondary N) is 2. The number of carbonyl (C=O) groups excluding carboxylic acids is 2. The molecule has 0 bridgehead atoms. The predicted molar refractivity (Wildman–Crippen MR) is 115 cm³/mol. The molecule has 1 aliphatic rings. The lowest BCUT2D eigenvalue weighted by Gasteiger charge is -2.23. The molecule has 3 rings (SSSR count). The number of anilines is 3. The Hall–Kier alpha value is -2.82. The Morgan fingerprint density at radius 3 is 2.04 bits per heavy atom. The standard InChI is InChI=1S/C23H29N3O2/c1-23(2,3)19-8-6-7-9-20(19)25-22(28)18-14-17(18)21(27)24-15-10-12-16(13-11-15)26(4)5/h6-13,17-18H,14H2,1-5H3,(H,24,27)(H,25,28). The number of rotatable bonds is 5. The Kier molecular flexibility index (Phi) is 5.45. The zero-order valence-corrected chi connectivity index (χ0v) is 17.2. The van der Waals surface area contributed by atoms with Gasteiger partial charge < -0.3 is 15.5 Å². The van der Waals surface area contributed by atoms with Crippen molar-refractivity contribution in [2.24, 2.45) is 11.8 Å². The molecule has 2 aromatic carbocycles. The van der Waals surface area contributed by atoms with Gasteiger partial charge >= 0.3 is 0 Å². The second kappa shape index (κ2) is 7.66. The molecule has 148 valence electrons. The van der Waals surface area contributed by atoms with Gasteiger partial charge in [0.1, 0.15) is 0 Å². The van der Waals surface area contributed by atoms with Gasteiger partial charge in [0.05, 0.1) is 11.8 Å². The number of hydrogen-bond acceptors (Lipinski definition) is 3. The molecule has 2 aromatic rings. The molecule has 28 heavy (non-hydrogen) atoms. The highest BCUT2D eigenvalue weighted by Gasteiger charge is 2.48. The Morgan fingerprint density at radius 1 is 0.893 bits per heavy atom. The smallest absolute Gasteiger partial charge is 0.228 e. The van der Waals surface area contributed by atoms with Crippen LogP contribution in [0, 0.1) is 11.8 Å². The minimum absolute atomic E-state index is 0.0665. The first kappa shape index (κ1) is 19.9. The van der Waals surface area contributed by atoms with Gasteiger partial charge in [0.25, 0.3) is 0 Å². The van der Waals surface area contributed by atoms with Gasteiger partial charge in [0.2, 0.25) is 11.8 Å². The second-order valence-electron chi connectivity index (χ2n) is 8.66. The van der Waals surface area contributed by atoms with Crippen molar-refractivity contribution in [2.75, 3.05) is 29.6 Å². The topological polar surface area (TPSA) is 61.4 Å². The van der Waals surface area contributed by atoms with Gasteiger partial charge in [-0.2, -0.15) is 0 Å². The van der Waals surface area contributed by atoms with Gasteiger partial charge in [-0.05, 0) is 47.7 Å². The molecule has 1 aliphatic carbocycles. The molecule has 0 saturated heterocycles. The van der Waals surface area contributed by atoms with Gasteiger partial charge in [0.15, 0.2) is 0 Å². The SMILES string of the molecule is CN(C)c1ccc(NC(=O)C2CC2C(=O)Nc2ccccc2C(C)(C)C)cc1. The summed E-state index contributed by atoms with van der Waals surface area (Å²) in [5, 5.41) is 5.94. The lowest BCUT2D eigenvalue weighted by Crippen LogP contribution is -2.22. The van der Waals surface area contributed by atoms with E-state index in [1.54, 1.807) is 0 Å². The number of benzene rings is 2. The quantitative estimate of drug-likeness (QED) is 0.816. The predicted octanol–water partition coefficient (Wildman–Crippen LogP) is 4.26. The van der Waals surface area contributed by atoms with Crippen molar-refractivity contribution in [3.8, 4) is 0 Å². The summed E-state index contributed by atoms with van der Waals surface area (Å²) in [4.78, 5) is 27.1. The number of nitrogens with zero attached hydrogens (tertiary/aromatic N) is 1. The van der Waals surface area contributed by atoms with Crippen LogP contribution in [0.5, 0.6) is 0 Å². The first-order valence-corrected chi connectivity index (χ1v) is 9.65. The van der Waals surface area contributed by atoms with Crippen LogP contribution in [0.1, 0.15) is 32.8 Å². The maximum atomic E-state index is 12.6. The van der Waals surface area contributed by atoms with Crippen LogP contribution >= 0.6 is 0 Å². The van der Waals surface area contributed by atoms with E-state index in [9.17, 15) is 9.59 Å². The van der Waals surface area contributed by atoms with Gasteiger partial charge in [-0.25, -0.2) is 0 Å². The summed E-state index contributed by atoms with van der Waals surface area (Å²) >= 11 is 0. The first-order valence-electron chi connectivity index (χ1n) is 9.65. The molecule has 2 unspecified atom stereocenters. The lowest BCUT2D eigenvalue weighted by molar-refractivity contribution is -0.122. The van der Waals surface area contributed by atoms with Crippen LogP contribution in [0.25, 0.3) is 0 Å². The third-order valence-corrected chi connectivity index (χ3v) is 5.11. The highest BCUT2D eigenvalue weighted by atomic mass is 16.2. The largest absolute Gasteiger partial charge is 0.378 e. The van der Waals surface area contributed by atoms with E-state index in [1.165, 1.54) is 0 Å². The zero-order chi connectivity index (χ0) is 20.5. The molecule has 0 spiro atoms. The molecular formula is C23H29N3O2. The maximum absolute atomic E-state index is 12.6. The van der Waals surface area contributed by atoms with Crippen LogP contribution in [0.15, 0.2) is 48.5 Å².